The third-order valence-corrected chi connectivity index (χ3v) is 2.13. The van der Waals surface area contributed by atoms with Crippen LogP contribution in [0.5, 0.6) is 0 Å². The Morgan fingerprint density at radius 1 is 1.53 bits per heavy atom. The van der Waals surface area contributed by atoms with E-state index in [0.717, 1.165) is 11.4 Å². The summed E-state index contributed by atoms with van der Waals surface area (Å²) in [6, 6.07) is 5.76. The highest BCUT2D eigenvalue weighted by Crippen LogP contribution is 1.94. The van der Waals surface area contributed by atoms with E-state index in [2.05, 4.69) is 15.5 Å². The zero-order valence-corrected chi connectivity index (χ0v) is 9.88. The Kier molecular flexibility index (Phi) is 4.17. The number of nitrogens with zero attached hydrogens (tertiary/aromatic N) is 3. The average Bonchev–Trinajstić information content (AvgIpc) is 2.17. The van der Waals surface area contributed by atoms with Crippen molar-refractivity contribution in [1.82, 2.24) is 15.3 Å². The Bertz CT molecular complexity index is 373. The molecule has 0 aliphatic heterocycles. The molecule has 0 aliphatic rings. The molecule has 1 heterocycles. The van der Waals surface area contributed by atoms with Crippen molar-refractivity contribution < 1.29 is 0 Å². The van der Waals surface area contributed by atoms with E-state index in [4.69, 9.17) is 12.2 Å². The van der Waals surface area contributed by atoms with Crippen molar-refractivity contribution in [3.63, 3.8) is 0 Å². The van der Waals surface area contributed by atoms with Gasteiger partial charge in [0.25, 0.3) is 0 Å². The lowest BCUT2D eigenvalue weighted by atomic mass is 10.3. The molecule has 0 unspecified atom stereocenters. The quantitative estimate of drug-likeness (QED) is 0.463. The lowest BCUT2D eigenvalue weighted by Gasteiger charge is -2.11. The summed E-state index contributed by atoms with van der Waals surface area (Å²) in [7, 11) is 3.71. The standard InChI is InChI=1S/C10H14N4S/c1-8-5-4-6-9(12-8)7-11-13-10(15)14(2)3/h4-7H,1-3H3,(H,13,15)/b11-7+. The number of pyridine rings is 1. The van der Waals surface area contributed by atoms with E-state index in [1.807, 2.05) is 39.2 Å². The third-order valence-electron chi connectivity index (χ3n) is 1.67. The number of hydrogen-bond donors (Lipinski definition) is 1. The summed E-state index contributed by atoms with van der Waals surface area (Å²) >= 11 is 5.00. The van der Waals surface area contributed by atoms with Gasteiger partial charge in [0.2, 0.25) is 0 Å². The topological polar surface area (TPSA) is 40.5 Å². The van der Waals surface area contributed by atoms with Crippen LogP contribution in [-0.4, -0.2) is 35.3 Å². The van der Waals surface area contributed by atoms with Crippen LogP contribution in [0.25, 0.3) is 0 Å². The molecule has 0 aromatic carbocycles. The number of aryl methyl sites for hydroxylation is 1. The summed E-state index contributed by atoms with van der Waals surface area (Å²) in [6.07, 6.45) is 1.64. The Morgan fingerprint density at radius 2 is 2.27 bits per heavy atom. The highest BCUT2D eigenvalue weighted by atomic mass is 32.1. The highest BCUT2D eigenvalue weighted by molar-refractivity contribution is 7.80. The van der Waals surface area contributed by atoms with Crippen LogP contribution in [-0.2, 0) is 0 Å². The van der Waals surface area contributed by atoms with E-state index >= 15 is 0 Å². The van der Waals surface area contributed by atoms with Crippen molar-refractivity contribution in [1.29, 1.82) is 0 Å². The SMILES string of the molecule is Cc1cccc(/C=N/NC(=S)N(C)C)n1. The predicted octanol–water partition coefficient (Wildman–Crippen LogP) is 1.16. The molecule has 1 rings (SSSR count). The van der Waals surface area contributed by atoms with Gasteiger partial charge in [0.1, 0.15) is 0 Å². The molecule has 1 N–H and O–H groups in total. The van der Waals surface area contributed by atoms with Crippen LogP contribution in [0, 0.1) is 6.92 Å². The number of rotatable bonds is 2. The summed E-state index contributed by atoms with van der Waals surface area (Å²) in [5, 5.41) is 4.55. The molecule has 0 atom stereocenters. The Morgan fingerprint density at radius 3 is 2.87 bits per heavy atom. The molecular formula is C10H14N4S. The van der Waals surface area contributed by atoms with E-state index in [1.54, 1.807) is 11.1 Å². The summed E-state index contributed by atoms with van der Waals surface area (Å²) in [5.41, 5.74) is 4.51. The maximum Gasteiger partial charge on any atom is 0.189 e. The van der Waals surface area contributed by atoms with Gasteiger partial charge in [-0.05, 0) is 31.3 Å². The molecule has 5 heteroatoms. The van der Waals surface area contributed by atoms with Gasteiger partial charge in [-0.1, -0.05) is 6.07 Å². The first-order valence-electron chi connectivity index (χ1n) is 4.53. The van der Waals surface area contributed by atoms with Crippen LogP contribution < -0.4 is 5.43 Å². The van der Waals surface area contributed by atoms with Gasteiger partial charge >= 0.3 is 0 Å². The monoisotopic (exact) mass is 222 g/mol. The van der Waals surface area contributed by atoms with Crippen molar-refractivity contribution in [2.45, 2.75) is 6.92 Å². The minimum Gasteiger partial charge on any atom is -0.354 e. The summed E-state index contributed by atoms with van der Waals surface area (Å²) in [5.74, 6) is 0. The fourth-order valence-electron chi connectivity index (χ4n) is 0.890. The number of hydrazone groups is 1. The lowest BCUT2D eigenvalue weighted by Crippen LogP contribution is -2.30. The van der Waals surface area contributed by atoms with Gasteiger partial charge in [0.05, 0.1) is 11.9 Å². The van der Waals surface area contributed by atoms with Crippen LogP contribution >= 0.6 is 12.2 Å². The molecule has 0 aliphatic carbocycles. The second-order valence-electron chi connectivity index (χ2n) is 3.27. The van der Waals surface area contributed by atoms with Crippen molar-refractivity contribution in [3.05, 3.63) is 29.6 Å². The molecule has 0 saturated heterocycles. The first kappa shape index (κ1) is 11.6. The van der Waals surface area contributed by atoms with E-state index in [0.29, 0.717) is 5.11 Å². The summed E-state index contributed by atoms with van der Waals surface area (Å²) in [6.45, 7) is 1.94. The summed E-state index contributed by atoms with van der Waals surface area (Å²) < 4.78 is 0. The van der Waals surface area contributed by atoms with Crippen LogP contribution in [0.1, 0.15) is 11.4 Å². The summed E-state index contributed by atoms with van der Waals surface area (Å²) in [4.78, 5) is 6.04. The van der Waals surface area contributed by atoms with E-state index < -0.39 is 0 Å². The minimum atomic E-state index is 0.568. The van der Waals surface area contributed by atoms with Crippen LogP contribution in [0.3, 0.4) is 0 Å². The molecular weight excluding hydrogens is 208 g/mol. The van der Waals surface area contributed by atoms with Gasteiger partial charge in [-0.2, -0.15) is 5.10 Å². The van der Waals surface area contributed by atoms with Crippen LogP contribution in [0.2, 0.25) is 0 Å². The van der Waals surface area contributed by atoms with Crippen molar-refractivity contribution in [3.8, 4) is 0 Å². The maximum atomic E-state index is 5.00. The fraction of sp³-hybridized carbons (Fsp3) is 0.300. The fourth-order valence-corrected chi connectivity index (χ4v) is 0.942. The Balaban J connectivity index is 2.55. The first-order valence-corrected chi connectivity index (χ1v) is 4.94. The largest absolute Gasteiger partial charge is 0.354 e. The molecule has 0 amide bonds. The third kappa shape index (κ3) is 4.03. The van der Waals surface area contributed by atoms with Crippen molar-refractivity contribution in [2.75, 3.05) is 14.1 Å². The second-order valence-corrected chi connectivity index (χ2v) is 3.66. The zero-order valence-electron chi connectivity index (χ0n) is 9.06. The van der Waals surface area contributed by atoms with E-state index in [-0.39, 0.29) is 0 Å². The highest BCUT2D eigenvalue weighted by Gasteiger charge is 1.94. The van der Waals surface area contributed by atoms with Crippen molar-refractivity contribution in [2.24, 2.45) is 5.10 Å². The predicted molar refractivity (Wildman–Crippen MR) is 66.0 cm³/mol. The zero-order chi connectivity index (χ0) is 11.3. The van der Waals surface area contributed by atoms with E-state index in [1.165, 1.54) is 0 Å². The van der Waals surface area contributed by atoms with Crippen LogP contribution in [0.4, 0.5) is 0 Å². The molecule has 4 nitrogen and oxygen atoms in total. The molecule has 0 bridgehead atoms. The smallest absolute Gasteiger partial charge is 0.189 e. The van der Waals surface area contributed by atoms with Crippen LogP contribution in [0.15, 0.2) is 23.3 Å². The van der Waals surface area contributed by atoms with Gasteiger partial charge in [-0.15, -0.1) is 0 Å². The maximum absolute atomic E-state index is 5.00. The number of nitrogens with one attached hydrogen (secondary N) is 1. The molecule has 0 saturated carbocycles. The number of thiocarbonyl (C=S) groups is 1. The Labute approximate surface area is 95.0 Å². The van der Waals surface area contributed by atoms with Gasteiger partial charge in [-0.25, -0.2) is 0 Å². The molecule has 1 aromatic heterocycles. The van der Waals surface area contributed by atoms with Gasteiger partial charge in [-0.3, -0.25) is 10.4 Å². The van der Waals surface area contributed by atoms with Gasteiger partial charge in [0, 0.05) is 19.8 Å². The number of aromatic nitrogens is 1. The molecule has 0 radical (unpaired) electrons. The molecule has 0 fully saturated rings. The average molecular weight is 222 g/mol. The second kappa shape index (κ2) is 5.41. The first-order chi connectivity index (χ1) is 7.09. The molecule has 80 valence electrons. The lowest BCUT2D eigenvalue weighted by molar-refractivity contribution is 0.606. The molecule has 0 spiro atoms. The minimum absolute atomic E-state index is 0.568. The Hall–Kier alpha value is -1.49. The van der Waals surface area contributed by atoms with E-state index in [9.17, 15) is 0 Å². The van der Waals surface area contributed by atoms with Gasteiger partial charge in [0.15, 0.2) is 5.11 Å². The normalized spacial score (nSPS) is 10.3. The van der Waals surface area contributed by atoms with Crippen molar-refractivity contribution >= 4 is 23.5 Å². The number of hydrogen-bond acceptors (Lipinski definition) is 3. The molecule has 15 heavy (non-hydrogen) atoms. The van der Waals surface area contributed by atoms with Gasteiger partial charge < -0.3 is 4.90 Å². The molecule has 1 aromatic rings.